The van der Waals surface area contributed by atoms with Crippen LogP contribution < -0.4 is 5.32 Å². The molecule has 3 nitrogen and oxygen atoms in total. The number of aliphatic hydroxyl groups excluding tert-OH is 1. The van der Waals surface area contributed by atoms with E-state index in [1.54, 1.807) is 12.1 Å². The first-order valence-electron chi connectivity index (χ1n) is 5.91. The number of nitrogens with one attached hydrogen (secondary N) is 1. The van der Waals surface area contributed by atoms with E-state index in [4.69, 9.17) is 28.3 Å². The van der Waals surface area contributed by atoms with E-state index in [2.05, 4.69) is 5.32 Å². The highest BCUT2D eigenvalue weighted by molar-refractivity contribution is 6.35. The fraction of sp³-hybridized carbons (Fsp3) is 0.462. The van der Waals surface area contributed by atoms with E-state index in [1.165, 1.54) is 0 Å². The SMILES string of the molecule is CCC(CO)NC(=O)CCc1ccc(Cl)cc1Cl. The number of carbonyl (C=O) groups excluding carboxylic acids is 1. The molecule has 0 fully saturated rings. The zero-order chi connectivity index (χ0) is 13.5. The lowest BCUT2D eigenvalue weighted by molar-refractivity contribution is -0.122. The first kappa shape index (κ1) is 15.3. The third-order valence-corrected chi connectivity index (χ3v) is 3.30. The predicted molar refractivity (Wildman–Crippen MR) is 74.1 cm³/mol. The molecule has 0 heterocycles. The summed E-state index contributed by atoms with van der Waals surface area (Å²) >= 11 is 11.8. The minimum atomic E-state index is -0.168. The third-order valence-electron chi connectivity index (χ3n) is 2.71. The molecule has 1 unspecified atom stereocenters. The molecule has 0 spiro atoms. The van der Waals surface area contributed by atoms with Crippen LogP contribution >= 0.6 is 23.2 Å². The van der Waals surface area contributed by atoms with Gasteiger partial charge < -0.3 is 10.4 Å². The number of aliphatic hydroxyl groups is 1. The smallest absolute Gasteiger partial charge is 0.220 e. The zero-order valence-corrected chi connectivity index (χ0v) is 11.8. The summed E-state index contributed by atoms with van der Waals surface area (Å²) in [7, 11) is 0. The second kappa shape index (κ2) is 7.62. The van der Waals surface area contributed by atoms with Gasteiger partial charge in [0, 0.05) is 16.5 Å². The lowest BCUT2D eigenvalue weighted by Crippen LogP contribution is -2.37. The van der Waals surface area contributed by atoms with Gasteiger partial charge in [-0.25, -0.2) is 0 Å². The predicted octanol–water partition coefficient (Wildman–Crippen LogP) is 2.81. The molecule has 2 N–H and O–H groups in total. The van der Waals surface area contributed by atoms with Crippen LogP contribution in [-0.4, -0.2) is 23.7 Å². The topological polar surface area (TPSA) is 49.3 Å². The maximum absolute atomic E-state index is 11.6. The van der Waals surface area contributed by atoms with Gasteiger partial charge in [-0.3, -0.25) is 4.79 Å². The van der Waals surface area contributed by atoms with Crippen molar-refractivity contribution in [2.75, 3.05) is 6.61 Å². The van der Waals surface area contributed by atoms with E-state index in [9.17, 15) is 4.79 Å². The second-order valence-corrected chi connectivity index (χ2v) is 4.93. The van der Waals surface area contributed by atoms with Gasteiger partial charge in [0.25, 0.3) is 0 Å². The molecule has 0 saturated heterocycles. The van der Waals surface area contributed by atoms with Gasteiger partial charge in [-0.2, -0.15) is 0 Å². The molecule has 0 radical (unpaired) electrons. The molecular weight excluding hydrogens is 273 g/mol. The van der Waals surface area contributed by atoms with Crippen molar-refractivity contribution in [2.45, 2.75) is 32.2 Å². The molecule has 0 saturated carbocycles. The van der Waals surface area contributed by atoms with Crippen molar-refractivity contribution in [3.63, 3.8) is 0 Å². The third kappa shape index (κ3) is 4.84. The Labute approximate surface area is 117 Å². The second-order valence-electron chi connectivity index (χ2n) is 4.09. The van der Waals surface area contributed by atoms with Gasteiger partial charge >= 0.3 is 0 Å². The molecule has 0 aromatic heterocycles. The van der Waals surface area contributed by atoms with E-state index in [1.807, 2.05) is 13.0 Å². The highest BCUT2D eigenvalue weighted by Gasteiger charge is 2.10. The molecule has 5 heteroatoms. The number of hydrogen-bond acceptors (Lipinski definition) is 2. The van der Waals surface area contributed by atoms with Crippen molar-refractivity contribution in [1.29, 1.82) is 0 Å². The lowest BCUT2D eigenvalue weighted by Gasteiger charge is -2.14. The van der Waals surface area contributed by atoms with Gasteiger partial charge in [0.1, 0.15) is 0 Å². The molecule has 100 valence electrons. The van der Waals surface area contributed by atoms with Crippen LogP contribution in [0.15, 0.2) is 18.2 Å². The molecule has 1 aromatic rings. The highest BCUT2D eigenvalue weighted by atomic mass is 35.5. The molecule has 1 atom stereocenters. The molecule has 18 heavy (non-hydrogen) atoms. The summed E-state index contributed by atoms with van der Waals surface area (Å²) in [5.41, 5.74) is 0.897. The van der Waals surface area contributed by atoms with Crippen LogP contribution in [-0.2, 0) is 11.2 Å². The largest absolute Gasteiger partial charge is 0.394 e. The Bertz CT molecular complexity index is 406. The van der Waals surface area contributed by atoms with Crippen molar-refractivity contribution in [3.05, 3.63) is 33.8 Å². The number of benzene rings is 1. The first-order valence-corrected chi connectivity index (χ1v) is 6.66. The van der Waals surface area contributed by atoms with Gasteiger partial charge in [-0.1, -0.05) is 36.2 Å². The average molecular weight is 290 g/mol. The molecule has 0 aliphatic rings. The van der Waals surface area contributed by atoms with Crippen LogP contribution in [0, 0.1) is 0 Å². The average Bonchev–Trinajstić information content (AvgIpc) is 2.35. The summed E-state index contributed by atoms with van der Waals surface area (Å²) in [4.78, 5) is 11.6. The van der Waals surface area contributed by atoms with Crippen LogP contribution in [0.2, 0.25) is 10.0 Å². The minimum absolute atomic E-state index is 0.0378. The molecule has 1 amide bonds. The standard InChI is InChI=1S/C13H17Cl2NO2/c1-2-11(8-17)16-13(18)6-4-9-3-5-10(14)7-12(9)15/h3,5,7,11,17H,2,4,6,8H2,1H3,(H,16,18). The quantitative estimate of drug-likeness (QED) is 0.846. The summed E-state index contributed by atoms with van der Waals surface area (Å²) in [5, 5.41) is 12.9. The maximum atomic E-state index is 11.6. The Balaban J connectivity index is 2.47. The van der Waals surface area contributed by atoms with Crippen molar-refractivity contribution in [3.8, 4) is 0 Å². The highest BCUT2D eigenvalue weighted by Crippen LogP contribution is 2.21. The monoisotopic (exact) mass is 289 g/mol. The molecule has 0 aliphatic carbocycles. The Morgan fingerprint density at radius 1 is 1.44 bits per heavy atom. The van der Waals surface area contributed by atoms with Gasteiger partial charge in [-0.15, -0.1) is 0 Å². The maximum Gasteiger partial charge on any atom is 0.220 e. The number of hydrogen-bond donors (Lipinski definition) is 2. The van der Waals surface area contributed by atoms with Gasteiger partial charge in [-0.05, 0) is 30.5 Å². The Kier molecular flexibility index (Phi) is 6.47. The molecule has 1 rings (SSSR count). The van der Waals surface area contributed by atoms with Crippen molar-refractivity contribution >= 4 is 29.1 Å². The lowest BCUT2D eigenvalue weighted by atomic mass is 10.1. The Morgan fingerprint density at radius 3 is 2.72 bits per heavy atom. The number of carbonyl (C=O) groups is 1. The summed E-state index contributed by atoms with van der Waals surface area (Å²) in [5.74, 6) is -0.0816. The first-order chi connectivity index (χ1) is 8.56. The van der Waals surface area contributed by atoms with Gasteiger partial charge in [0.05, 0.1) is 12.6 Å². The summed E-state index contributed by atoms with van der Waals surface area (Å²) < 4.78 is 0. The van der Waals surface area contributed by atoms with E-state index in [-0.39, 0.29) is 18.6 Å². The van der Waals surface area contributed by atoms with Crippen LogP contribution in [0.1, 0.15) is 25.3 Å². The fourth-order valence-corrected chi connectivity index (χ4v) is 2.05. The molecule has 1 aromatic carbocycles. The fourth-order valence-electron chi connectivity index (χ4n) is 1.55. The minimum Gasteiger partial charge on any atom is -0.394 e. The van der Waals surface area contributed by atoms with Crippen molar-refractivity contribution in [2.24, 2.45) is 0 Å². The van der Waals surface area contributed by atoms with Gasteiger partial charge in [0.2, 0.25) is 5.91 Å². The Hall–Kier alpha value is -0.770. The van der Waals surface area contributed by atoms with Crippen LogP contribution in [0.3, 0.4) is 0 Å². The number of aryl methyl sites for hydroxylation is 1. The number of rotatable bonds is 6. The molecular formula is C13H17Cl2NO2. The number of halogens is 2. The van der Waals surface area contributed by atoms with E-state index in [0.29, 0.717) is 29.3 Å². The van der Waals surface area contributed by atoms with Gasteiger partial charge in [0.15, 0.2) is 0 Å². The van der Waals surface area contributed by atoms with E-state index < -0.39 is 0 Å². The molecule has 0 aliphatic heterocycles. The van der Waals surface area contributed by atoms with Crippen molar-refractivity contribution in [1.82, 2.24) is 5.32 Å². The molecule has 0 bridgehead atoms. The summed E-state index contributed by atoms with van der Waals surface area (Å²) in [6.45, 7) is 1.88. The summed E-state index contributed by atoms with van der Waals surface area (Å²) in [6, 6.07) is 5.07. The Morgan fingerprint density at radius 2 is 2.17 bits per heavy atom. The van der Waals surface area contributed by atoms with Crippen LogP contribution in [0.4, 0.5) is 0 Å². The van der Waals surface area contributed by atoms with E-state index in [0.717, 1.165) is 5.56 Å². The normalized spacial score (nSPS) is 12.2. The van der Waals surface area contributed by atoms with E-state index >= 15 is 0 Å². The van der Waals surface area contributed by atoms with Crippen LogP contribution in [0.5, 0.6) is 0 Å². The zero-order valence-electron chi connectivity index (χ0n) is 10.2. The van der Waals surface area contributed by atoms with Crippen molar-refractivity contribution < 1.29 is 9.90 Å². The number of amides is 1. The summed E-state index contributed by atoms with van der Waals surface area (Å²) in [6.07, 6.45) is 1.62. The van der Waals surface area contributed by atoms with Crippen LogP contribution in [0.25, 0.3) is 0 Å².